The van der Waals surface area contributed by atoms with Gasteiger partial charge in [0.15, 0.2) is 0 Å². The molecule has 0 amide bonds. The van der Waals surface area contributed by atoms with Gasteiger partial charge in [0.1, 0.15) is 0 Å². The zero-order valence-electron chi connectivity index (χ0n) is 20.3. The summed E-state index contributed by atoms with van der Waals surface area (Å²) in [5.41, 5.74) is 0.240. The highest BCUT2D eigenvalue weighted by molar-refractivity contribution is 7.90. The summed E-state index contributed by atoms with van der Waals surface area (Å²) in [5.74, 6) is 0.0559. The fraction of sp³-hybridized carbons (Fsp3) is 1.00. The van der Waals surface area contributed by atoms with Crippen LogP contribution in [0.15, 0.2) is 0 Å². The van der Waals surface area contributed by atoms with E-state index in [0.29, 0.717) is 38.9 Å². The average molecular weight is 485 g/mol. The summed E-state index contributed by atoms with van der Waals surface area (Å²) < 4.78 is 51.5. The van der Waals surface area contributed by atoms with Crippen LogP contribution in [0.4, 0.5) is 0 Å². The molecule has 0 saturated heterocycles. The Morgan fingerprint density at radius 2 is 1.26 bits per heavy atom. The Morgan fingerprint density at radius 3 is 1.71 bits per heavy atom. The molecule has 0 rings (SSSR count). The molecule has 0 heterocycles. The van der Waals surface area contributed by atoms with E-state index in [1.807, 2.05) is 13.8 Å². The number of rotatable bonds is 20. The molecule has 0 spiro atoms. The number of ether oxygens (including phenoxy) is 1. The van der Waals surface area contributed by atoms with Crippen LogP contribution in [-0.2, 0) is 24.8 Å². The zero-order chi connectivity index (χ0) is 24.0. The molecule has 0 aromatic heterocycles. The van der Waals surface area contributed by atoms with Crippen LogP contribution in [0, 0.1) is 5.41 Å². The third-order valence-electron chi connectivity index (χ3n) is 7.07. The summed E-state index contributed by atoms with van der Waals surface area (Å²) >= 11 is 0. The number of nitrogens with two attached hydrogens (primary N) is 2. The third-order valence-corrected chi connectivity index (χ3v) is 9.83. The largest absolute Gasteiger partial charge is 0.381 e. The van der Waals surface area contributed by atoms with Crippen LogP contribution in [0.2, 0.25) is 0 Å². The Balaban J connectivity index is 4.39. The SMILES string of the molecule is CCCCC(CC)(CCOCCCCC(CC)(CC)CCCCS(N)(=O)=O)S(N)(=O)=O. The Kier molecular flexibility index (Phi) is 14.7. The summed E-state index contributed by atoms with van der Waals surface area (Å²) in [7, 11) is -6.99. The summed E-state index contributed by atoms with van der Waals surface area (Å²) in [6.07, 6.45) is 11.0. The van der Waals surface area contributed by atoms with Crippen molar-refractivity contribution in [1.82, 2.24) is 0 Å². The van der Waals surface area contributed by atoms with Crippen LogP contribution in [0.25, 0.3) is 0 Å². The van der Waals surface area contributed by atoms with E-state index in [4.69, 9.17) is 15.0 Å². The molecule has 0 bridgehead atoms. The second-order valence-corrected chi connectivity index (χ2v) is 12.7. The number of primary sulfonamides is 2. The highest BCUT2D eigenvalue weighted by atomic mass is 32.2. The van der Waals surface area contributed by atoms with Gasteiger partial charge in [0, 0.05) is 13.2 Å². The second kappa shape index (κ2) is 14.8. The van der Waals surface area contributed by atoms with Crippen molar-refractivity contribution in [3.05, 3.63) is 0 Å². The molecular weight excluding hydrogens is 436 g/mol. The first kappa shape index (κ1) is 30.8. The highest BCUT2D eigenvalue weighted by Gasteiger charge is 2.38. The zero-order valence-corrected chi connectivity index (χ0v) is 22.0. The number of hydrogen-bond donors (Lipinski definition) is 2. The summed E-state index contributed by atoms with van der Waals surface area (Å²) in [6, 6.07) is 0. The number of hydrogen-bond acceptors (Lipinski definition) is 5. The fourth-order valence-corrected chi connectivity index (χ4v) is 6.22. The molecule has 0 aliphatic carbocycles. The van der Waals surface area contributed by atoms with E-state index >= 15 is 0 Å². The van der Waals surface area contributed by atoms with Crippen molar-refractivity contribution in [2.75, 3.05) is 19.0 Å². The molecule has 7 nitrogen and oxygen atoms in total. The smallest absolute Gasteiger partial charge is 0.214 e. The van der Waals surface area contributed by atoms with E-state index in [2.05, 4.69) is 13.8 Å². The predicted molar refractivity (Wildman–Crippen MR) is 130 cm³/mol. The Labute approximate surface area is 192 Å². The van der Waals surface area contributed by atoms with Crippen LogP contribution < -0.4 is 10.3 Å². The van der Waals surface area contributed by atoms with Gasteiger partial charge in [-0.1, -0.05) is 66.2 Å². The van der Waals surface area contributed by atoms with Crippen LogP contribution in [0.3, 0.4) is 0 Å². The maximum Gasteiger partial charge on any atom is 0.214 e. The van der Waals surface area contributed by atoms with E-state index < -0.39 is 24.8 Å². The number of sulfonamides is 2. The molecule has 4 N–H and O–H groups in total. The van der Waals surface area contributed by atoms with Crippen molar-refractivity contribution in [3.8, 4) is 0 Å². The second-order valence-electron chi connectivity index (χ2n) is 9.04. The van der Waals surface area contributed by atoms with Gasteiger partial charge in [-0.3, -0.25) is 0 Å². The molecule has 1 unspecified atom stereocenters. The molecule has 0 aromatic carbocycles. The first-order valence-corrected chi connectivity index (χ1v) is 15.3. The first-order valence-electron chi connectivity index (χ1n) is 12.0. The molecular formula is C22H48N2O5S2. The van der Waals surface area contributed by atoms with Gasteiger partial charge in [0.2, 0.25) is 20.0 Å². The topological polar surface area (TPSA) is 130 Å². The van der Waals surface area contributed by atoms with Gasteiger partial charge in [0.05, 0.1) is 10.5 Å². The van der Waals surface area contributed by atoms with Gasteiger partial charge in [-0.25, -0.2) is 27.1 Å². The van der Waals surface area contributed by atoms with Gasteiger partial charge in [-0.05, 0) is 50.4 Å². The van der Waals surface area contributed by atoms with Crippen LogP contribution >= 0.6 is 0 Å². The minimum Gasteiger partial charge on any atom is -0.381 e. The average Bonchev–Trinajstić information content (AvgIpc) is 2.69. The summed E-state index contributed by atoms with van der Waals surface area (Å²) in [4.78, 5) is 0. The first-order chi connectivity index (χ1) is 14.4. The van der Waals surface area contributed by atoms with E-state index in [9.17, 15) is 16.8 Å². The Morgan fingerprint density at radius 1 is 0.677 bits per heavy atom. The molecule has 0 aromatic rings. The highest BCUT2D eigenvalue weighted by Crippen LogP contribution is 2.38. The molecule has 0 aliphatic heterocycles. The molecule has 0 aliphatic rings. The lowest BCUT2D eigenvalue weighted by Crippen LogP contribution is -2.44. The Bertz CT molecular complexity index is 676. The maximum absolute atomic E-state index is 12.2. The lowest BCUT2D eigenvalue weighted by atomic mass is 9.74. The molecule has 0 radical (unpaired) electrons. The lowest BCUT2D eigenvalue weighted by molar-refractivity contribution is 0.111. The molecule has 188 valence electrons. The fourth-order valence-electron chi connectivity index (χ4n) is 4.41. The minimum atomic E-state index is -3.62. The van der Waals surface area contributed by atoms with Crippen LogP contribution in [0.5, 0.6) is 0 Å². The summed E-state index contributed by atoms with van der Waals surface area (Å²) in [5, 5.41) is 10.6. The van der Waals surface area contributed by atoms with Gasteiger partial charge in [-0.2, -0.15) is 0 Å². The van der Waals surface area contributed by atoms with Gasteiger partial charge < -0.3 is 4.74 Å². The molecule has 0 fully saturated rings. The third kappa shape index (κ3) is 12.0. The molecule has 31 heavy (non-hydrogen) atoms. The number of unbranched alkanes of at least 4 members (excludes halogenated alkanes) is 3. The standard InChI is InChI=1S/C22H48N2O5S2/c1-5-9-16-22(8-4,31(24,27)28)17-19-29-18-12-10-14-21(6-2,7-3)15-11-13-20-30(23,25)26/h5-20H2,1-4H3,(H2,23,25,26)(H2,24,27,28). The van der Waals surface area contributed by atoms with E-state index in [0.717, 1.165) is 57.8 Å². The van der Waals surface area contributed by atoms with Crippen molar-refractivity contribution >= 4 is 20.0 Å². The van der Waals surface area contributed by atoms with Crippen molar-refractivity contribution in [3.63, 3.8) is 0 Å². The van der Waals surface area contributed by atoms with Crippen molar-refractivity contribution in [2.24, 2.45) is 15.7 Å². The molecule has 0 saturated carbocycles. The summed E-state index contributed by atoms with van der Waals surface area (Å²) in [6.45, 7) is 9.37. The molecule has 1 atom stereocenters. The maximum atomic E-state index is 12.2. The van der Waals surface area contributed by atoms with Gasteiger partial charge in [-0.15, -0.1) is 0 Å². The monoisotopic (exact) mass is 484 g/mol. The quantitative estimate of drug-likeness (QED) is 0.246. The Hall–Kier alpha value is -0.220. The van der Waals surface area contributed by atoms with Gasteiger partial charge >= 0.3 is 0 Å². The normalized spacial score (nSPS) is 15.2. The van der Waals surface area contributed by atoms with Crippen molar-refractivity contribution in [1.29, 1.82) is 0 Å². The van der Waals surface area contributed by atoms with Crippen molar-refractivity contribution in [2.45, 2.75) is 116 Å². The lowest BCUT2D eigenvalue weighted by Gasteiger charge is -2.32. The van der Waals surface area contributed by atoms with Crippen LogP contribution in [0.1, 0.15) is 111 Å². The van der Waals surface area contributed by atoms with E-state index in [-0.39, 0.29) is 11.2 Å². The van der Waals surface area contributed by atoms with Crippen LogP contribution in [-0.4, -0.2) is 40.5 Å². The predicted octanol–water partition coefficient (Wildman–Crippen LogP) is 4.46. The van der Waals surface area contributed by atoms with Gasteiger partial charge in [0.25, 0.3) is 0 Å². The molecule has 9 heteroatoms. The van der Waals surface area contributed by atoms with E-state index in [1.54, 1.807) is 0 Å². The van der Waals surface area contributed by atoms with E-state index in [1.165, 1.54) is 0 Å². The van der Waals surface area contributed by atoms with Crippen molar-refractivity contribution < 1.29 is 21.6 Å². The minimum absolute atomic E-state index is 0.0559.